The van der Waals surface area contributed by atoms with Crippen LogP contribution in [-0.4, -0.2) is 13.2 Å². The largest absolute Gasteiger partial charge is 0.381 e. The minimum atomic E-state index is 0.421. The van der Waals surface area contributed by atoms with E-state index < -0.39 is 0 Å². The van der Waals surface area contributed by atoms with Crippen LogP contribution in [0.1, 0.15) is 27.7 Å². The summed E-state index contributed by atoms with van der Waals surface area (Å²) in [5.41, 5.74) is 0. The van der Waals surface area contributed by atoms with Gasteiger partial charge in [-0.2, -0.15) is 0 Å². The lowest BCUT2D eigenvalue weighted by Crippen LogP contribution is -2.23. The molecule has 0 aromatic carbocycles. The summed E-state index contributed by atoms with van der Waals surface area (Å²) in [5.74, 6) is 1.27. The van der Waals surface area contributed by atoms with Crippen molar-refractivity contribution in [3.63, 3.8) is 0 Å². The number of methoxy groups -OCH3 is 1. The quantitative estimate of drug-likeness (QED) is 0.569. The van der Waals surface area contributed by atoms with E-state index in [0.717, 1.165) is 0 Å². The fourth-order valence-corrected chi connectivity index (χ4v) is 1.31. The second-order valence-corrected chi connectivity index (χ2v) is 3.19. The Morgan fingerprint density at radius 2 is 1.22 bits per heavy atom. The van der Waals surface area contributed by atoms with Crippen LogP contribution in [0.3, 0.4) is 0 Å². The third-order valence-electron chi connectivity index (χ3n) is 1.59. The lowest BCUT2D eigenvalue weighted by molar-refractivity contribution is 0.0292. The monoisotopic (exact) mass is 130 g/mol. The van der Waals surface area contributed by atoms with Crippen LogP contribution in [0.2, 0.25) is 0 Å². The summed E-state index contributed by atoms with van der Waals surface area (Å²) in [4.78, 5) is 0. The van der Waals surface area contributed by atoms with Crippen LogP contribution < -0.4 is 0 Å². The van der Waals surface area contributed by atoms with Gasteiger partial charge in [0, 0.05) is 7.11 Å². The van der Waals surface area contributed by atoms with Gasteiger partial charge < -0.3 is 4.74 Å². The van der Waals surface area contributed by atoms with Crippen molar-refractivity contribution in [1.82, 2.24) is 0 Å². The van der Waals surface area contributed by atoms with Gasteiger partial charge in [0.1, 0.15) is 0 Å². The number of hydrogen-bond donors (Lipinski definition) is 0. The van der Waals surface area contributed by atoms with E-state index in [0.29, 0.717) is 17.9 Å². The molecule has 0 saturated heterocycles. The average molecular weight is 130 g/mol. The molecule has 56 valence electrons. The summed E-state index contributed by atoms with van der Waals surface area (Å²) in [6, 6.07) is 0. The van der Waals surface area contributed by atoms with Crippen molar-refractivity contribution >= 4 is 0 Å². The third-order valence-corrected chi connectivity index (χ3v) is 1.59. The van der Waals surface area contributed by atoms with Crippen LogP contribution in [0.5, 0.6) is 0 Å². The Labute approximate surface area is 58.4 Å². The molecule has 0 unspecified atom stereocenters. The van der Waals surface area contributed by atoms with Gasteiger partial charge in [-0.1, -0.05) is 27.7 Å². The Bertz CT molecular complexity index is 59.0. The molecule has 0 atom stereocenters. The van der Waals surface area contributed by atoms with E-state index in [-0.39, 0.29) is 0 Å². The van der Waals surface area contributed by atoms with Crippen LogP contribution in [0.15, 0.2) is 0 Å². The first kappa shape index (κ1) is 8.96. The second kappa shape index (κ2) is 3.89. The molecule has 0 fully saturated rings. The van der Waals surface area contributed by atoms with Crippen molar-refractivity contribution in [2.24, 2.45) is 11.8 Å². The van der Waals surface area contributed by atoms with Crippen molar-refractivity contribution in [2.45, 2.75) is 33.8 Å². The second-order valence-electron chi connectivity index (χ2n) is 3.19. The molecule has 0 amide bonds. The van der Waals surface area contributed by atoms with Gasteiger partial charge in [-0.15, -0.1) is 0 Å². The van der Waals surface area contributed by atoms with Crippen molar-refractivity contribution in [2.75, 3.05) is 7.11 Å². The molecule has 0 radical (unpaired) electrons. The zero-order valence-electron chi connectivity index (χ0n) is 7.14. The van der Waals surface area contributed by atoms with Crippen LogP contribution in [0.25, 0.3) is 0 Å². The highest BCUT2D eigenvalue weighted by Gasteiger charge is 2.15. The first-order valence-electron chi connectivity index (χ1n) is 3.62. The van der Waals surface area contributed by atoms with Gasteiger partial charge in [0.25, 0.3) is 0 Å². The molecule has 0 aromatic heterocycles. The zero-order chi connectivity index (χ0) is 7.44. The number of ether oxygens (including phenoxy) is 1. The summed E-state index contributed by atoms with van der Waals surface area (Å²) in [5, 5.41) is 0. The van der Waals surface area contributed by atoms with E-state index in [1.54, 1.807) is 7.11 Å². The van der Waals surface area contributed by atoms with E-state index in [1.807, 2.05) is 0 Å². The van der Waals surface area contributed by atoms with Crippen molar-refractivity contribution < 1.29 is 4.74 Å². The highest BCUT2D eigenvalue weighted by atomic mass is 16.5. The molecule has 0 aliphatic carbocycles. The minimum absolute atomic E-state index is 0.421. The van der Waals surface area contributed by atoms with Gasteiger partial charge in [-0.25, -0.2) is 0 Å². The molecule has 0 bridgehead atoms. The zero-order valence-corrected chi connectivity index (χ0v) is 7.14. The maximum absolute atomic E-state index is 5.27. The molecule has 9 heavy (non-hydrogen) atoms. The Kier molecular flexibility index (Phi) is 3.87. The third kappa shape index (κ3) is 2.85. The molecule has 0 aliphatic rings. The van der Waals surface area contributed by atoms with Crippen molar-refractivity contribution in [3.05, 3.63) is 0 Å². The van der Waals surface area contributed by atoms with E-state index in [4.69, 9.17) is 4.74 Å². The molecular formula is C8H18O. The van der Waals surface area contributed by atoms with Gasteiger partial charge in [-0.3, -0.25) is 0 Å². The smallest absolute Gasteiger partial charge is 0.0617 e. The maximum atomic E-state index is 5.27. The Hall–Kier alpha value is -0.0400. The normalized spacial score (nSPS) is 12.0. The molecule has 0 heterocycles. The summed E-state index contributed by atoms with van der Waals surface area (Å²) < 4.78 is 5.27. The summed E-state index contributed by atoms with van der Waals surface area (Å²) in [7, 11) is 1.78. The molecule has 0 N–H and O–H groups in total. The van der Waals surface area contributed by atoms with Gasteiger partial charge in [0.15, 0.2) is 0 Å². The summed E-state index contributed by atoms with van der Waals surface area (Å²) >= 11 is 0. The fourth-order valence-electron chi connectivity index (χ4n) is 1.31. The summed E-state index contributed by atoms with van der Waals surface area (Å²) in [6.45, 7) is 8.75. The van der Waals surface area contributed by atoms with E-state index in [2.05, 4.69) is 27.7 Å². The average Bonchev–Trinajstić information content (AvgIpc) is 1.64. The van der Waals surface area contributed by atoms with Crippen LogP contribution >= 0.6 is 0 Å². The molecular weight excluding hydrogens is 112 g/mol. The Morgan fingerprint density at radius 1 is 0.889 bits per heavy atom. The van der Waals surface area contributed by atoms with Crippen molar-refractivity contribution in [3.8, 4) is 0 Å². The molecule has 0 saturated carbocycles. The molecule has 1 nitrogen and oxygen atoms in total. The van der Waals surface area contributed by atoms with Crippen LogP contribution in [0, 0.1) is 11.8 Å². The van der Waals surface area contributed by atoms with Gasteiger partial charge in [0.2, 0.25) is 0 Å². The highest BCUT2D eigenvalue weighted by molar-refractivity contribution is 4.64. The standard InChI is InChI=1S/C8H18O/c1-6(2)8(9-5)7(3)4/h6-8H,1-5H3. The fraction of sp³-hybridized carbons (Fsp3) is 1.00. The van der Waals surface area contributed by atoms with Gasteiger partial charge in [0.05, 0.1) is 6.10 Å². The Balaban J connectivity index is 3.68. The van der Waals surface area contributed by atoms with Crippen LogP contribution in [-0.2, 0) is 4.74 Å². The van der Waals surface area contributed by atoms with Crippen molar-refractivity contribution in [1.29, 1.82) is 0 Å². The van der Waals surface area contributed by atoms with Crippen LogP contribution in [0.4, 0.5) is 0 Å². The first-order valence-corrected chi connectivity index (χ1v) is 3.62. The molecule has 0 spiro atoms. The SMILES string of the molecule is COC(C(C)C)C(C)C. The predicted molar refractivity (Wildman–Crippen MR) is 40.5 cm³/mol. The van der Waals surface area contributed by atoms with Gasteiger partial charge >= 0.3 is 0 Å². The molecule has 0 aromatic rings. The topological polar surface area (TPSA) is 9.23 Å². The number of rotatable bonds is 3. The highest BCUT2D eigenvalue weighted by Crippen LogP contribution is 2.14. The maximum Gasteiger partial charge on any atom is 0.0617 e. The lowest BCUT2D eigenvalue weighted by atomic mass is 9.96. The summed E-state index contributed by atoms with van der Waals surface area (Å²) in [6.07, 6.45) is 0.421. The minimum Gasteiger partial charge on any atom is -0.381 e. The molecule has 0 aliphatic heterocycles. The van der Waals surface area contributed by atoms with Gasteiger partial charge in [-0.05, 0) is 11.8 Å². The Morgan fingerprint density at radius 3 is 1.22 bits per heavy atom. The van der Waals surface area contributed by atoms with E-state index in [1.165, 1.54) is 0 Å². The molecule has 1 heteroatoms. The first-order chi connectivity index (χ1) is 4.09. The van der Waals surface area contributed by atoms with E-state index >= 15 is 0 Å². The predicted octanol–water partition coefficient (Wildman–Crippen LogP) is 2.31. The lowest BCUT2D eigenvalue weighted by Gasteiger charge is -2.22. The molecule has 0 rings (SSSR count). The number of hydrogen-bond acceptors (Lipinski definition) is 1. The van der Waals surface area contributed by atoms with E-state index in [9.17, 15) is 0 Å².